The van der Waals surface area contributed by atoms with Crippen LogP contribution in [0.2, 0.25) is 0 Å². The van der Waals surface area contributed by atoms with Gasteiger partial charge in [-0.05, 0) is 23.8 Å². The monoisotopic (exact) mass is 361 g/mol. The summed E-state index contributed by atoms with van der Waals surface area (Å²) in [5.74, 6) is 0.818. The fraction of sp³-hybridized carbons (Fsp3) is 0.667. The van der Waals surface area contributed by atoms with Crippen LogP contribution in [0.4, 0.5) is 0 Å². The number of nitrogens with zero attached hydrogens (tertiary/aromatic N) is 1. The number of hydrogen-bond acceptors (Lipinski definition) is 3. The van der Waals surface area contributed by atoms with E-state index >= 15 is 0 Å². The van der Waals surface area contributed by atoms with E-state index in [1.165, 1.54) is 5.56 Å². The molecule has 5 heteroatoms. The van der Waals surface area contributed by atoms with E-state index in [0.29, 0.717) is 0 Å². The second kappa shape index (κ2) is 9.38. The van der Waals surface area contributed by atoms with Gasteiger partial charge in [0.2, 0.25) is 0 Å². The lowest BCUT2D eigenvalue weighted by atomic mass is 9.74. The van der Waals surface area contributed by atoms with Gasteiger partial charge in [-0.3, -0.25) is 4.99 Å². The first-order chi connectivity index (χ1) is 12.4. The van der Waals surface area contributed by atoms with Crippen LogP contribution in [0.5, 0.6) is 0 Å². The topological polar surface area (TPSA) is 54.9 Å². The van der Waals surface area contributed by atoms with E-state index in [2.05, 4.69) is 66.7 Å². The van der Waals surface area contributed by atoms with Crippen molar-refractivity contribution >= 4 is 5.96 Å². The number of aliphatic imine (C=N–C) groups is 1. The highest BCUT2D eigenvalue weighted by Gasteiger charge is 2.34. The predicted octanol–water partition coefficient (Wildman–Crippen LogP) is 2.96. The Morgan fingerprint density at radius 3 is 2.38 bits per heavy atom. The van der Waals surface area contributed by atoms with Crippen molar-refractivity contribution in [2.75, 3.05) is 40.5 Å². The molecule has 0 radical (unpaired) electrons. The van der Waals surface area contributed by atoms with Crippen LogP contribution in [0.25, 0.3) is 0 Å². The summed E-state index contributed by atoms with van der Waals surface area (Å²) in [5.41, 5.74) is 1.53. The molecule has 1 aromatic carbocycles. The van der Waals surface area contributed by atoms with Gasteiger partial charge in [-0.1, -0.05) is 51.1 Å². The molecule has 0 aromatic heterocycles. The molecule has 2 N–H and O–H groups in total. The minimum Gasteiger partial charge on any atom is -0.381 e. The Bertz CT molecular complexity index is 560. The number of guanidine groups is 1. The molecule has 0 aliphatic carbocycles. The number of ether oxygens (including phenoxy) is 2. The van der Waals surface area contributed by atoms with E-state index in [0.717, 1.165) is 45.1 Å². The average molecular weight is 362 g/mol. The molecule has 1 heterocycles. The molecule has 2 rings (SSSR count). The minimum absolute atomic E-state index is 0.0760. The van der Waals surface area contributed by atoms with Gasteiger partial charge < -0.3 is 20.1 Å². The van der Waals surface area contributed by atoms with E-state index in [1.807, 2.05) is 7.05 Å². The summed E-state index contributed by atoms with van der Waals surface area (Å²) >= 11 is 0. The number of methoxy groups -OCH3 is 1. The third-order valence-corrected chi connectivity index (χ3v) is 5.36. The van der Waals surface area contributed by atoms with E-state index < -0.39 is 0 Å². The maximum atomic E-state index is 5.63. The maximum Gasteiger partial charge on any atom is 0.191 e. The van der Waals surface area contributed by atoms with Crippen molar-refractivity contribution in [3.8, 4) is 0 Å². The maximum absolute atomic E-state index is 5.63. The van der Waals surface area contributed by atoms with Crippen LogP contribution in [-0.2, 0) is 14.9 Å². The lowest BCUT2D eigenvalue weighted by Gasteiger charge is -2.38. The highest BCUT2D eigenvalue weighted by atomic mass is 16.5. The molecular weight excluding hydrogens is 326 g/mol. The Labute approximate surface area is 158 Å². The molecule has 146 valence electrons. The van der Waals surface area contributed by atoms with Crippen LogP contribution in [0.3, 0.4) is 0 Å². The summed E-state index contributed by atoms with van der Waals surface area (Å²) in [7, 11) is 3.58. The summed E-state index contributed by atoms with van der Waals surface area (Å²) in [6.07, 6.45) is 2.15. The van der Waals surface area contributed by atoms with Gasteiger partial charge in [0.1, 0.15) is 0 Å². The fourth-order valence-electron chi connectivity index (χ4n) is 3.53. The largest absolute Gasteiger partial charge is 0.381 e. The number of rotatable bonds is 6. The van der Waals surface area contributed by atoms with Gasteiger partial charge in [0.25, 0.3) is 0 Å². The molecule has 0 spiro atoms. The first kappa shape index (κ1) is 20.7. The average Bonchev–Trinajstić information content (AvgIpc) is 2.65. The molecular formula is C21H35N3O2. The standard InChI is InChI=1S/C21H35N3O2/c1-20(2,3)18(25-5)15-23-19(22-4)24-16-21(11-13-26-14-12-21)17-9-7-6-8-10-17/h6-10,18H,11-16H2,1-5H3,(H2,22,23,24). The van der Waals surface area contributed by atoms with E-state index in [9.17, 15) is 0 Å². The Kier molecular flexibility index (Phi) is 7.47. The fourth-order valence-corrected chi connectivity index (χ4v) is 3.53. The van der Waals surface area contributed by atoms with Crippen molar-refractivity contribution in [3.63, 3.8) is 0 Å². The van der Waals surface area contributed by atoms with Gasteiger partial charge in [0, 0.05) is 45.9 Å². The first-order valence-electron chi connectivity index (χ1n) is 9.52. The highest BCUT2D eigenvalue weighted by molar-refractivity contribution is 5.79. The molecule has 5 nitrogen and oxygen atoms in total. The van der Waals surface area contributed by atoms with Gasteiger partial charge in [-0.25, -0.2) is 0 Å². The van der Waals surface area contributed by atoms with Crippen LogP contribution in [0.15, 0.2) is 35.3 Å². The van der Waals surface area contributed by atoms with E-state index in [1.54, 1.807) is 7.11 Å². The molecule has 1 saturated heterocycles. The number of hydrogen-bond donors (Lipinski definition) is 2. The molecule has 0 amide bonds. The zero-order chi connectivity index (χ0) is 19.0. The summed E-state index contributed by atoms with van der Waals surface area (Å²) < 4.78 is 11.3. The zero-order valence-corrected chi connectivity index (χ0v) is 17.0. The van der Waals surface area contributed by atoms with Crippen molar-refractivity contribution in [1.29, 1.82) is 0 Å². The van der Waals surface area contributed by atoms with Crippen LogP contribution < -0.4 is 10.6 Å². The summed E-state index contributed by atoms with van der Waals surface area (Å²) in [6.45, 7) is 9.73. The zero-order valence-electron chi connectivity index (χ0n) is 17.0. The van der Waals surface area contributed by atoms with Crippen molar-refractivity contribution < 1.29 is 9.47 Å². The van der Waals surface area contributed by atoms with Crippen molar-refractivity contribution in [2.45, 2.75) is 45.1 Å². The molecule has 1 atom stereocenters. The quantitative estimate of drug-likeness (QED) is 0.604. The molecule has 1 fully saturated rings. The predicted molar refractivity (Wildman–Crippen MR) is 108 cm³/mol. The third-order valence-electron chi connectivity index (χ3n) is 5.36. The van der Waals surface area contributed by atoms with Gasteiger partial charge in [0.15, 0.2) is 5.96 Å². The van der Waals surface area contributed by atoms with Gasteiger partial charge >= 0.3 is 0 Å². The van der Waals surface area contributed by atoms with Gasteiger partial charge in [0.05, 0.1) is 6.10 Å². The molecule has 26 heavy (non-hydrogen) atoms. The van der Waals surface area contributed by atoms with Gasteiger partial charge in [-0.15, -0.1) is 0 Å². The number of benzene rings is 1. The second-order valence-corrected chi connectivity index (χ2v) is 8.16. The smallest absolute Gasteiger partial charge is 0.191 e. The van der Waals surface area contributed by atoms with Crippen molar-refractivity contribution in [1.82, 2.24) is 10.6 Å². The normalized spacial score (nSPS) is 19.0. The molecule has 0 saturated carbocycles. The van der Waals surface area contributed by atoms with Crippen LogP contribution >= 0.6 is 0 Å². The second-order valence-electron chi connectivity index (χ2n) is 8.16. The molecule has 0 bridgehead atoms. The molecule has 1 aliphatic rings. The van der Waals surface area contributed by atoms with E-state index in [-0.39, 0.29) is 16.9 Å². The Morgan fingerprint density at radius 1 is 1.19 bits per heavy atom. The van der Waals surface area contributed by atoms with Crippen molar-refractivity contribution in [3.05, 3.63) is 35.9 Å². The van der Waals surface area contributed by atoms with Crippen molar-refractivity contribution in [2.24, 2.45) is 10.4 Å². The SMILES string of the molecule is CN=C(NCC(OC)C(C)(C)C)NCC1(c2ccccc2)CCOCC1. The van der Waals surface area contributed by atoms with Crippen LogP contribution in [-0.4, -0.2) is 52.5 Å². The highest BCUT2D eigenvalue weighted by Crippen LogP contribution is 2.34. The van der Waals surface area contributed by atoms with Crippen LogP contribution in [0.1, 0.15) is 39.2 Å². The van der Waals surface area contributed by atoms with Gasteiger partial charge in [-0.2, -0.15) is 0 Å². The molecule has 1 aromatic rings. The summed E-state index contributed by atoms with van der Waals surface area (Å²) in [4.78, 5) is 4.39. The Morgan fingerprint density at radius 2 is 1.85 bits per heavy atom. The third kappa shape index (κ3) is 5.45. The lowest BCUT2D eigenvalue weighted by molar-refractivity contribution is 0.0204. The molecule has 1 unspecified atom stereocenters. The first-order valence-corrected chi connectivity index (χ1v) is 9.52. The molecule has 1 aliphatic heterocycles. The minimum atomic E-state index is 0.0760. The summed E-state index contributed by atoms with van der Waals surface area (Å²) in [6, 6.07) is 10.8. The Hall–Kier alpha value is -1.59. The van der Waals surface area contributed by atoms with E-state index in [4.69, 9.17) is 9.47 Å². The number of nitrogens with one attached hydrogen (secondary N) is 2. The Balaban J connectivity index is 2.00. The van der Waals surface area contributed by atoms with Crippen LogP contribution in [0, 0.1) is 5.41 Å². The summed E-state index contributed by atoms with van der Waals surface area (Å²) in [5, 5.41) is 6.96. The lowest BCUT2D eigenvalue weighted by Crippen LogP contribution is -2.50.